The van der Waals surface area contributed by atoms with Crippen LogP contribution in [0.15, 0.2) is 30.7 Å². The molecule has 4 rings (SSSR count). The zero-order valence-electron chi connectivity index (χ0n) is 16.0. The monoisotopic (exact) mass is 398 g/mol. The van der Waals surface area contributed by atoms with E-state index >= 15 is 0 Å². The third kappa shape index (κ3) is 3.19. The summed E-state index contributed by atoms with van der Waals surface area (Å²) in [7, 11) is 1.68. The SMILES string of the molecule is COc1cc(C)cc2cc(-c3c(CO[C@@H](C)CO)cn4ncnc(N)c34)sc12. The van der Waals surface area contributed by atoms with Crippen molar-refractivity contribution in [3.63, 3.8) is 0 Å². The maximum atomic E-state index is 9.28. The molecule has 0 aliphatic rings. The molecule has 0 radical (unpaired) electrons. The number of anilines is 1. The molecule has 1 atom stereocenters. The van der Waals surface area contributed by atoms with Gasteiger partial charge >= 0.3 is 0 Å². The van der Waals surface area contributed by atoms with Crippen LogP contribution in [0.1, 0.15) is 18.1 Å². The van der Waals surface area contributed by atoms with Crippen molar-refractivity contribution in [1.29, 1.82) is 0 Å². The fourth-order valence-corrected chi connectivity index (χ4v) is 4.51. The molecule has 0 amide bonds. The Kier molecular flexibility index (Phi) is 4.92. The van der Waals surface area contributed by atoms with Gasteiger partial charge in [-0.2, -0.15) is 5.10 Å². The number of nitrogen functional groups attached to an aromatic ring is 1. The minimum atomic E-state index is -0.260. The van der Waals surface area contributed by atoms with Gasteiger partial charge in [0.05, 0.1) is 31.1 Å². The maximum Gasteiger partial charge on any atom is 0.152 e. The Hall–Kier alpha value is -2.68. The summed E-state index contributed by atoms with van der Waals surface area (Å²) in [5.41, 5.74) is 9.97. The molecule has 0 saturated carbocycles. The third-order valence-corrected chi connectivity index (χ3v) is 5.84. The number of aliphatic hydroxyl groups is 1. The van der Waals surface area contributed by atoms with Crippen molar-refractivity contribution in [3.05, 3.63) is 41.9 Å². The van der Waals surface area contributed by atoms with Gasteiger partial charge in [0.1, 0.15) is 17.6 Å². The average molecular weight is 398 g/mol. The Morgan fingerprint density at radius 1 is 1.32 bits per heavy atom. The lowest BCUT2D eigenvalue weighted by Crippen LogP contribution is -2.12. The van der Waals surface area contributed by atoms with E-state index in [0.717, 1.165) is 42.9 Å². The molecule has 8 heteroatoms. The second kappa shape index (κ2) is 7.38. The second-order valence-electron chi connectivity index (χ2n) is 6.77. The number of benzene rings is 1. The van der Waals surface area contributed by atoms with Crippen molar-refractivity contribution in [2.45, 2.75) is 26.6 Å². The molecule has 1 aromatic carbocycles. The summed E-state index contributed by atoms with van der Waals surface area (Å²) in [5, 5.41) is 14.7. The smallest absolute Gasteiger partial charge is 0.152 e. The molecule has 28 heavy (non-hydrogen) atoms. The highest BCUT2D eigenvalue weighted by atomic mass is 32.1. The minimum absolute atomic E-state index is 0.0377. The van der Waals surface area contributed by atoms with Gasteiger partial charge in [-0.05, 0) is 36.9 Å². The first-order chi connectivity index (χ1) is 13.5. The Morgan fingerprint density at radius 2 is 2.14 bits per heavy atom. The fraction of sp³-hybridized carbons (Fsp3) is 0.300. The van der Waals surface area contributed by atoms with E-state index in [2.05, 4.69) is 29.1 Å². The van der Waals surface area contributed by atoms with Crippen molar-refractivity contribution in [1.82, 2.24) is 14.6 Å². The van der Waals surface area contributed by atoms with Crippen LogP contribution in [-0.4, -0.2) is 39.5 Å². The highest BCUT2D eigenvalue weighted by Crippen LogP contribution is 2.43. The number of rotatable bonds is 6. The van der Waals surface area contributed by atoms with E-state index in [0.29, 0.717) is 12.4 Å². The predicted octanol–water partition coefficient (Wildman–Crippen LogP) is 3.41. The molecule has 4 aromatic rings. The van der Waals surface area contributed by atoms with Crippen LogP contribution in [-0.2, 0) is 11.3 Å². The van der Waals surface area contributed by atoms with Gasteiger partial charge in [0.25, 0.3) is 0 Å². The molecular formula is C20H22N4O3S. The molecule has 3 aromatic heterocycles. The number of fused-ring (bicyclic) bond motifs is 2. The molecule has 0 bridgehead atoms. The van der Waals surface area contributed by atoms with Crippen molar-refractivity contribution in [2.24, 2.45) is 0 Å². The van der Waals surface area contributed by atoms with Gasteiger partial charge in [0, 0.05) is 22.2 Å². The molecular weight excluding hydrogens is 376 g/mol. The van der Waals surface area contributed by atoms with Crippen molar-refractivity contribution in [2.75, 3.05) is 19.5 Å². The lowest BCUT2D eigenvalue weighted by molar-refractivity contribution is 0.0147. The Morgan fingerprint density at radius 3 is 2.89 bits per heavy atom. The van der Waals surface area contributed by atoms with Crippen LogP contribution in [0.5, 0.6) is 5.75 Å². The number of thiophene rings is 1. The van der Waals surface area contributed by atoms with E-state index in [4.69, 9.17) is 15.2 Å². The normalized spacial score (nSPS) is 12.7. The predicted molar refractivity (Wildman–Crippen MR) is 111 cm³/mol. The van der Waals surface area contributed by atoms with Gasteiger partial charge in [-0.1, -0.05) is 6.07 Å². The zero-order chi connectivity index (χ0) is 19.8. The quantitative estimate of drug-likeness (QED) is 0.517. The standard InChI is InChI=1S/C20H22N4O3S/c1-11-4-13-6-16(28-19(13)15(5-11)26-3)17-14(9-27-12(2)8-25)7-24-18(17)20(21)22-10-23-24/h4-7,10,12,25H,8-9H2,1-3H3,(H2,21,22,23)/t12-/m0/s1. The average Bonchev–Trinajstić information content (AvgIpc) is 3.26. The number of ether oxygens (including phenoxy) is 2. The zero-order valence-corrected chi connectivity index (χ0v) is 16.8. The summed E-state index contributed by atoms with van der Waals surface area (Å²) in [6, 6.07) is 6.31. The lowest BCUT2D eigenvalue weighted by Gasteiger charge is -2.10. The van der Waals surface area contributed by atoms with Crippen LogP contribution in [0.3, 0.4) is 0 Å². The van der Waals surface area contributed by atoms with Gasteiger partial charge in [0.2, 0.25) is 0 Å². The topological polar surface area (TPSA) is 94.9 Å². The number of hydrogen-bond donors (Lipinski definition) is 2. The Balaban J connectivity index is 1.92. The summed E-state index contributed by atoms with van der Waals surface area (Å²) in [5.74, 6) is 1.26. The number of aliphatic hydroxyl groups excluding tert-OH is 1. The van der Waals surface area contributed by atoms with E-state index in [9.17, 15) is 5.11 Å². The number of nitrogens with zero attached hydrogens (tertiary/aromatic N) is 3. The number of aryl methyl sites for hydroxylation is 1. The summed E-state index contributed by atoms with van der Waals surface area (Å²) >= 11 is 1.64. The largest absolute Gasteiger partial charge is 0.495 e. The number of hydrogen-bond acceptors (Lipinski definition) is 7. The van der Waals surface area contributed by atoms with E-state index in [1.807, 2.05) is 19.2 Å². The molecule has 0 aliphatic carbocycles. The van der Waals surface area contributed by atoms with Crippen LogP contribution in [0.4, 0.5) is 5.82 Å². The molecule has 146 valence electrons. The molecule has 7 nitrogen and oxygen atoms in total. The Labute approximate surface area is 166 Å². The van der Waals surface area contributed by atoms with Gasteiger partial charge in [0.15, 0.2) is 5.82 Å². The fourth-order valence-electron chi connectivity index (χ4n) is 3.29. The maximum absolute atomic E-state index is 9.28. The molecule has 3 N–H and O–H groups in total. The lowest BCUT2D eigenvalue weighted by atomic mass is 10.1. The number of aromatic nitrogens is 3. The summed E-state index contributed by atoms with van der Waals surface area (Å²) < 4.78 is 14.2. The first-order valence-corrected chi connectivity index (χ1v) is 9.75. The summed E-state index contributed by atoms with van der Waals surface area (Å²) in [4.78, 5) is 5.20. The van der Waals surface area contributed by atoms with Gasteiger partial charge < -0.3 is 20.3 Å². The Bertz CT molecular complexity index is 1150. The van der Waals surface area contributed by atoms with Gasteiger partial charge in [-0.15, -0.1) is 11.3 Å². The minimum Gasteiger partial charge on any atom is -0.495 e. The van der Waals surface area contributed by atoms with Crippen LogP contribution < -0.4 is 10.5 Å². The molecule has 0 unspecified atom stereocenters. The molecule has 0 aliphatic heterocycles. The van der Waals surface area contributed by atoms with Crippen molar-refractivity contribution < 1.29 is 14.6 Å². The second-order valence-corrected chi connectivity index (χ2v) is 7.82. The van der Waals surface area contributed by atoms with E-state index < -0.39 is 0 Å². The van der Waals surface area contributed by atoms with Crippen LogP contribution in [0.2, 0.25) is 0 Å². The van der Waals surface area contributed by atoms with Gasteiger partial charge in [-0.25, -0.2) is 9.50 Å². The highest BCUT2D eigenvalue weighted by molar-refractivity contribution is 7.22. The van der Waals surface area contributed by atoms with Crippen LogP contribution in [0.25, 0.3) is 26.0 Å². The van der Waals surface area contributed by atoms with Crippen molar-refractivity contribution >= 4 is 32.8 Å². The molecule has 0 fully saturated rings. The highest BCUT2D eigenvalue weighted by Gasteiger charge is 2.20. The molecule has 0 saturated heterocycles. The molecule has 0 spiro atoms. The summed E-state index contributed by atoms with van der Waals surface area (Å²) in [6.07, 6.45) is 3.08. The van der Waals surface area contributed by atoms with E-state index in [1.165, 1.54) is 6.33 Å². The van der Waals surface area contributed by atoms with E-state index in [1.54, 1.807) is 23.0 Å². The molecule has 3 heterocycles. The van der Waals surface area contributed by atoms with E-state index in [-0.39, 0.29) is 12.7 Å². The summed E-state index contributed by atoms with van der Waals surface area (Å²) in [6.45, 7) is 4.18. The number of methoxy groups -OCH3 is 1. The van der Waals surface area contributed by atoms with Crippen LogP contribution >= 0.6 is 11.3 Å². The first-order valence-electron chi connectivity index (χ1n) is 8.93. The van der Waals surface area contributed by atoms with Gasteiger partial charge in [-0.3, -0.25) is 0 Å². The third-order valence-electron chi connectivity index (χ3n) is 4.65. The van der Waals surface area contributed by atoms with Crippen molar-refractivity contribution in [3.8, 4) is 16.2 Å². The van der Waals surface area contributed by atoms with Crippen LogP contribution in [0, 0.1) is 6.92 Å². The number of nitrogens with two attached hydrogens (primary N) is 1. The first kappa shape index (κ1) is 18.7.